The van der Waals surface area contributed by atoms with Gasteiger partial charge in [-0.05, 0) is 37.0 Å². The van der Waals surface area contributed by atoms with Crippen molar-refractivity contribution in [3.05, 3.63) is 53.0 Å². The summed E-state index contributed by atoms with van der Waals surface area (Å²) in [5.41, 5.74) is -1.94. The lowest BCUT2D eigenvalue weighted by Gasteiger charge is -2.15. The maximum absolute atomic E-state index is 16.0. The van der Waals surface area contributed by atoms with E-state index in [1.54, 1.807) is 0 Å². The summed E-state index contributed by atoms with van der Waals surface area (Å²) in [5, 5.41) is 10.1. The molecule has 0 radical (unpaired) electrons. The van der Waals surface area contributed by atoms with Crippen molar-refractivity contribution in [1.29, 1.82) is 0 Å². The third-order valence-electron chi connectivity index (χ3n) is 7.78. The van der Waals surface area contributed by atoms with E-state index in [4.69, 9.17) is 17.1 Å². The number of aromatic amines is 1. The number of imidazole rings is 1. The molecule has 6 aromatic rings. The molecule has 0 aliphatic heterocycles. The molecular weight excluding hydrogens is 548 g/mol. The summed E-state index contributed by atoms with van der Waals surface area (Å²) < 4.78 is 110. The van der Waals surface area contributed by atoms with E-state index in [0.29, 0.717) is 26.8 Å². The van der Waals surface area contributed by atoms with Gasteiger partial charge >= 0.3 is 11.8 Å². The van der Waals surface area contributed by atoms with Crippen LogP contribution in [0.25, 0.3) is 55.4 Å². The van der Waals surface area contributed by atoms with Gasteiger partial charge in [-0.25, -0.2) is 19.0 Å². The number of carbonyl (C=O) groups is 1. The number of pyridine rings is 1. The van der Waals surface area contributed by atoms with E-state index in [-0.39, 0.29) is 61.8 Å². The first-order chi connectivity index (χ1) is 23.8. The standard InChI is InChI=1S/C28H27F2N9O3/c1-36-12-17(25(30)35-36)22-20(13-7-14-10-32-38(3)23(14)18(29)8-13)21-24-19(11-31-26(21)34-22)37(2)28(41)39(24)16-6-5-15(9-16)33-27(40)42-4/h7-8,10-12,15-16H,5-6,9H2,1-4H3,(H,31,34)(H,33,40)/t15-,16-/m1/s1/i1D3,2D3,3D3. The normalized spacial score (nSPS) is 21.3. The van der Waals surface area contributed by atoms with Crippen molar-refractivity contribution in [2.24, 2.45) is 20.9 Å². The molecule has 7 rings (SSSR count). The number of fused-ring (bicyclic) bond motifs is 4. The van der Waals surface area contributed by atoms with Gasteiger partial charge in [0.1, 0.15) is 17.0 Å². The number of methoxy groups -OCH3 is 1. The number of carbonyl (C=O) groups excluding carboxylic acids is 1. The zero-order valence-corrected chi connectivity index (χ0v) is 21.8. The number of halogens is 2. The van der Waals surface area contributed by atoms with Crippen LogP contribution in [0.3, 0.4) is 0 Å². The largest absolute Gasteiger partial charge is 0.453 e. The molecule has 1 aliphatic rings. The fourth-order valence-electron chi connectivity index (χ4n) is 6.01. The van der Waals surface area contributed by atoms with Gasteiger partial charge in [0.15, 0.2) is 0 Å². The van der Waals surface area contributed by atoms with Gasteiger partial charge in [-0.15, -0.1) is 5.10 Å². The second kappa shape index (κ2) is 9.26. The molecule has 1 aromatic carbocycles. The third kappa shape index (κ3) is 3.74. The van der Waals surface area contributed by atoms with Crippen LogP contribution in [-0.2, 0) is 25.7 Å². The number of ether oxygens (including phenoxy) is 1. The van der Waals surface area contributed by atoms with Crippen LogP contribution in [0.2, 0.25) is 0 Å². The molecule has 1 fully saturated rings. The Bertz CT molecular complexity index is 2440. The van der Waals surface area contributed by atoms with Crippen molar-refractivity contribution in [3.63, 3.8) is 0 Å². The number of amides is 1. The molecule has 2 N–H and O–H groups in total. The average molecular weight is 585 g/mol. The van der Waals surface area contributed by atoms with Crippen molar-refractivity contribution < 1.29 is 30.6 Å². The van der Waals surface area contributed by atoms with Gasteiger partial charge < -0.3 is 15.0 Å². The van der Waals surface area contributed by atoms with Crippen LogP contribution in [0, 0.1) is 11.8 Å². The van der Waals surface area contributed by atoms with Crippen LogP contribution in [0.4, 0.5) is 13.6 Å². The minimum absolute atomic E-state index is 0.000959. The lowest BCUT2D eigenvalue weighted by molar-refractivity contribution is 0.166. The van der Waals surface area contributed by atoms with E-state index in [1.165, 1.54) is 17.7 Å². The number of H-pyrrole nitrogens is 1. The molecule has 12 nitrogen and oxygen atoms in total. The molecule has 216 valence electrons. The van der Waals surface area contributed by atoms with Gasteiger partial charge in [0.2, 0.25) is 5.95 Å². The summed E-state index contributed by atoms with van der Waals surface area (Å²) in [6, 6.07) is 1.23. The number of nitrogens with one attached hydrogen (secondary N) is 2. The Labute approximate surface area is 249 Å². The van der Waals surface area contributed by atoms with Crippen molar-refractivity contribution in [3.8, 4) is 22.4 Å². The minimum atomic E-state index is -3.00. The highest BCUT2D eigenvalue weighted by molar-refractivity contribution is 6.14. The molecule has 0 unspecified atom stereocenters. The van der Waals surface area contributed by atoms with E-state index in [0.717, 1.165) is 24.7 Å². The summed E-state index contributed by atoms with van der Waals surface area (Å²) >= 11 is 0. The summed E-state index contributed by atoms with van der Waals surface area (Å²) in [6.07, 6.45) is 3.41. The molecule has 5 heterocycles. The molecule has 42 heavy (non-hydrogen) atoms. The highest BCUT2D eigenvalue weighted by Gasteiger charge is 2.33. The molecule has 0 saturated heterocycles. The number of nitrogens with zero attached hydrogens (tertiary/aromatic N) is 7. The molecule has 2 atom stereocenters. The first-order valence-electron chi connectivity index (χ1n) is 17.3. The van der Waals surface area contributed by atoms with Crippen molar-refractivity contribution in [1.82, 2.24) is 44.0 Å². The first-order valence-corrected chi connectivity index (χ1v) is 12.8. The first kappa shape index (κ1) is 17.7. The number of benzene rings is 1. The van der Waals surface area contributed by atoms with Crippen LogP contribution in [0.1, 0.15) is 37.6 Å². The number of aryl methyl sites for hydroxylation is 3. The summed E-state index contributed by atoms with van der Waals surface area (Å²) in [7, 11) is 1.20. The molecule has 0 spiro atoms. The predicted molar refractivity (Wildman–Crippen MR) is 151 cm³/mol. The Morgan fingerprint density at radius 1 is 1.19 bits per heavy atom. The fourth-order valence-corrected chi connectivity index (χ4v) is 6.01. The highest BCUT2D eigenvalue weighted by atomic mass is 19.1. The molecule has 1 aliphatic carbocycles. The Kier molecular flexibility index (Phi) is 3.91. The van der Waals surface area contributed by atoms with Crippen LogP contribution < -0.4 is 11.0 Å². The summed E-state index contributed by atoms with van der Waals surface area (Å²) in [4.78, 5) is 33.4. The highest BCUT2D eigenvalue weighted by Crippen LogP contribution is 2.44. The molecule has 0 bridgehead atoms. The van der Waals surface area contributed by atoms with E-state index in [2.05, 4.69) is 25.5 Å². The zero-order valence-electron chi connectivity index (χ0n) is 30.8. The minimum Gasteiger partial charge on any atom is -0.453 e. The van der Waals surface area contributed by atoms with Crippen LogP contribution in [0.5, 0.6) is 0 Å². The van der Waals surface area contributed by atoms with Crippen molar-refractivity contribution >= 4 is 39.1 Å². The fraction of sp³-hybridized carbons (Fsp3) is 0.321. The quantitative estimate of drug-likeness (QED) is 0.323. The second-order valence-corrected chi connectivity index (χ2v) is 10.1. The summed E-state index contributed by atoms with van der Waals surface area (Å²) in [6.45, 7) is -8.73. The zero-order chi connectivity index (χ0) is 36.9. The van der Waals surface area contributed by atoms with E-state index in [1.807, 2.05) is 0 Å². The van der Waals surface area contributed by atoms with Crippen LogP contribution in [-0.4, -0.2) is 57.9 Å². The maximum atomic E-state index is 16.0. The molecule has 14 heteroatoms. The van der Waals surface area contributed by atoms with Gasteiger partial charge in [0.25, 0.3) is 0 Å². The third-order valence-corrected chi connectivity index (χ3v) is 7.78. The Balaban J connectivity index is 1.59. The molecule has 1 amide bonds. The van der Waals surface area contributed by atoms with Gasteiger partial charge in [-0.2, -0.15) is 9.49 Å². The van der Waals surface area contributed by atoms with E-state index < -0.39 is 56.6 Å². The number of aromatic nitrogens is 8. The topological polar surface area (TPSA) is 130 Å². The Morgan fingerprint density at radius 3 is 2.83 bits per heavy atom. The van der Waals surface area contributed by atoms with Gasteiger partial charge in [-0.3, -0.25) is 18.5 Å². The average Bonchev–Trinajstić information content (AvgIpc) is 3.83. The molecule has 5 aromatic heterocycles. The Hall–Kier alpha value is -5.01. The Morgan fingerprint density at radius 2 is 2.07 bits per heavy atom. The summed E-state index contributed by atoms with van der Waals surface area (Å²) in [5.74, 6) is -2.25. The smallest absolute Gasteiger partial charge is 0.407 e. The molecular formula is C28H27F2N9O3. The van der Waals surface area contributed by atoms with Gasteiger partial charge in [0.05, 0.1) is 47.2 Å². The van der Waals surface area contributed by atoms with Crippen molar-refractivity contribution in [2.75, 3.05) is 7.11 Å². The van der Waals surface area contributed by atoms with Crippen LogP contribution >= 0.6 is 0 Å². The van der Waals surface area contributed by atoms with E-state index >= 15 is 8.78 Å². The van der Waals surface area contributed by atoms with E-state index in [9.17, 15) is 9.59 Å². The number of hydrogen-bond acceptors (Lipinski definition) is 6. The lowest BCUT2D eigenvalue weighted by Crippen LogP contribution is -2.33. The van der Waals surface area contributed by atoms with Gasteiger partial charge in [0, 0.05) is 62.5 Å². The number of rotatable bonds is 4. The number of alkyl carbamates (subject to hydrolysis) is 1. The second-order valence-electron chi connectivity index (χ2n) is 10.1. The predicted octanol–water partition coefficient (Wildman–Crippen LogP) is 3.90. The molecule has 1 saturated carbocycles. The lowest BCUT2D eigenvalue weighted by atomic mass is 9.98. The van der Waals surface area contributed by atoms with Crippen molar-refractivity contribution in [2.45, 2.75) is 31.3 Å². The monoisotopic (exact) mass is 584 g/mol. The van der Waals surface area contributed by atoms with Gasteiger partial charge in [-0.1, -0.05) is 0 Å². The van der Waals surface area contributed by atoms with Crippen LogP contribution in [0.15, 0.2) is 35.5 Å². The SMILES string of the molecule is [2H]C([2H])([2H])n1cc(-c2[nH]c3ncc4c(c3c2-c2cc(F)c3c(cnn3C([2H])([2H])[2H])c2)n([C@@H]2CC[C@@H](NC(=O)OC)C2)c(=O)n4C([2H])([2H])[2H])c(F)n1. The number of hydrogen-bond donors (Lipinski definition) is 2. The maximum Gasteiger partial charge on any atom is 0.407 e.